The zero-order valence-electron chi connectivity index (χ0n) is 11.0. The SMILES string of the molecule is CC(C)(C)CS(=O)(=O)NC1(CN)CCCC1.Cl. The van der Waals surface area contributed by atoms with Gasteiger partial charge in [-0.25, -0.2) is 13.1 Å². The van der Waals surface area contributed by atoms with Crippen LogP contribution in [0.1, 0.15) is 46.5 Å². The maximum absolute atomic E-state index is 12.0. The summed E-state index contributed by atoms with van der Waals surface area (Å²) in [5, 5.41) is 0. The van der Waals surface area contributed by atoms with Crippen molar-refractivity contribution in [2.24, 2.45) is 11.1 Å². The topological polar surface area (TPSA) is 72.2 Å². The van der Waals surface area contributed by atoms with Gasteiger partial charge in [-0.1, -0.05) is 33.6 Å². The van der Waals surface area contributed by atoms with E-state index in [1.165, 1.54) is 0 Å². The minimum atomic E-state index is -3.22. The summed E-state index contributed by atoms with van der Waals surface area (Å²) in [6.45, 7) is 6.18. The summed E-state index contributed by atoms with van der Waals surface area (Å²) >= 11 is 0. The van der Waals surface area contributed by atoms with E-state index < -0.39 is 10.0 Å². The molecule has 0 heterocycles. The van der Waals surface area contributed by atoms with E-state index in [2.05, 4.69) is 4.72 Å². The third-order valence-corrected chi connectivity index (χ3v) is 4.94. The van der Waals surface area contributed by atoms with Gasteiger partial charge in [0, 0.05) is 12.1 Å². The zero-order valence-corrected chi connectivity index (χ0v) is 12.6. The predicted octanol–water partition coefficient (Wildman–Crippen LogP) is 1.65. The Morgan fingerprint density at radius 1 is 1.24 bits per heavy atom. The van der Waals surface area contributed by atoms with Gasteiger partial charge in [-0.3, -0.25) is 0 Å². The molecular formula is C11H25ClN2O2S. The first-order chi connectivity index (χ1) is 7.18. The Morgan fingerprint density at radius 2 is 1.71 bits per heavy atom. The molecule has 1 fully saturated rings. The fraction of sp³-hybridized carbons (Fsp3) is 1.00. The van der Waals surface area contributed by atoms with E-state index in [9.17, 15) is 8.42 Å². The molecule has 3 N–H and O–H groups in total. The van der Waals surface area contributed by atoms with Gasteiger partial charge in [-0.15, -0.1) is 12.4 Å². The predicted molar refractivity (Wildman–Crippen MR) is 73.9 cm³/mol. The summed E-state index contributed by atoms with van der Waals surface area (Å²) in [4.78, 5) is 0. The Labute approximate surface area is 111 Å². The van der Waals surface area contributed by atoms with Crippen molar-refractivity contribution in [1.29, 1.82) is 0 Å². The number of nitrogens with one attached hydrogen (secondary N) is 1. The molecule has 0 aromatic heterocycles. The number of hydrogen-bond donors (Lipinski definition) is 2. The van der Waals surface area contributed by atoms with Gasteiger partial charge < -0.3 is 5.73 Å². The standard InChI is InChI=1S/C11H24N2O2S.ClH/c1-10(2,3)9-16(14,15)13-11(8-12)6-4-5-7-11;/h13H,4-9,12H2,1-3H3;1H. The van der Waals surface area contributed by atoms with E-state index in [0.717, 1.165) is 25.7 Å². The van der Waals surface area contributed by atoms with E-state index >= 15 is 0 Å². The maximum atomic E-state index is 12.0. The zero-order chi connectivity index (χ0) is 12.4. The Morgan fingerprint density at radius 3 is 2.06 bits per heavy atom. The van der Waals surface area contributed by atoms with Gasteiger partial charge in [0.2, 0.25) is 10.0 Å². The molecule has 0 bridgehead atoms. The lowest BCUT2D eigenvalue weighted by molar-refractivity contribution is 0.390. The van der Waals surface area contributed by atoms with E-state index in [-0.39, 0.29) is 29.1 Å². The van der Waals surface area contributed by atoms with E-state index in [4.69, 9.17) is 5.73 Å². The van der Waals surface area contributed by atoms with Crippen LogP contribution in [0.4, 0.5) is 0 Å². The molecule has 0 atom stereocenters. The van der Waals surface area contributed by atoms with Crippen LogP contribution in [0, 0.1) is 5.41 Å². The largest absolute Gasteiger partial charge is 0.329 e. The number of rotatable bonds is 4. The van der Waals surface area contributed by atoms with Crippen molar-refractivity contribution in [2.45, 2.75) is 52.0 Å². The summed E-state index contributed by atoms with van der Waals surface area (Å²) in [5.41, 5.74) is 5.12. The first-order valence-electron chi connectivity index (χ1n) is 5.90. The first kappa shape index (κ1) is 17.2. The van der Waals surface area contributed by atoms with Crippen molar-refractivity contribution in [1.82, 2.24) is 4.72 Å². The molecule has 0 aromatic rings. The minimum Gasteiger partial charge on any atom is -0.329 e. The molecule has 1 aliphatic carbocycles. The number of nitrogens with two attached hydrogens (primary N) is 1. The lowest BCUT2D eigenvalue weighted by atomic mass is 10.00. The second-order valence-corrected chi connectivity index (χ2v) is 7.84. The Hall–Kier alpha value is 0.160. The molecule has 1 aliphatic rings. The second-order valence-electron chi connectivity index (χ2n) is 6.11. The molecule has 0 spiro atoms. The van der Waals surface area contributed by atoms with Crippen molar-refractivity contribution in [3.63, 3.8) is 0 Å². The molecule has 104 valence electrons. The number of hydrogen-bond acceptors (Lipinski definition) is 3. The summed E-state index contributed by atoms with van der Waals surface area (Å²) in [6.07, 6.45) is 3.87. The van der Waals surface area contributed by atoms with E-state index in [1.54, 1.807) is 0 Å². The minimum absolute atomic E-state index is 0. The van der Waals surface area contributed by atoms with Crippen LogP contribution in [0.2, 0.25) is 0 Å². The highest BCUT2D eigenvalue weighted by Gasteiger charge is 2.37. The fourth-order valence-corrected chi connectivity index (χ4v) is 4.50. The van der Waals surface area contributed by atoms with Crippen molar-refractivity contribution < 1.29 is 8.42 Å². The average molecular weight is 285 g/mol. The van der Waals surface area contributed by atoms with E-state index in [1.807, 2.05) is 20.8 Å². The molecule has 0 radical (unpaired) electrons. The molecule has 0 aliphatic heterocycles. The molecule has 1 saturated carbocycles. The molecule has 1 rings (SSSR count). The van der Waals surface area contributed by atoms with Crippen LogP contribution in [0.3, 0.4) is 0 Å². The number of sulfonamides is 1. The molecule has 17 heavy (non-hydrogen) atoms. The van der Waals surface area contributed by atoms with Crippen molar-refractivity contribution in [3.05, 3.63) is 0 Å². The highest BCUT2D eigenvalue weighted by molar-refractivity contribution is 7.89. The van der Waals surface area contributed by atoms with E-state index in [0.29, 0.717) is 6.54 Å². The summed E-state index contributed by atoms with van der Waals surface area (Å²) < 4.78 is 26.8. The summed E-state index contributed by atoms with van der Waals surface area (Å²) in [6, 6.07) is 0. The monoisotopic (exact) mass is 284 g/mol. The van der Waals surface area contributed by atoms with Crippen LogP contribution in [0.15, 0.2) is 0 Å². The second kappa shape index (κ2) is 5.87. The quantitative estimate of drug-likeness (QED) is 0.824. The Balaban J connectivity index is 0.00000256. The van der Waals surface area contributed by atoms with Gasteiger partial charge in [-0.2, -0.15) is 0 Å². The highest BCUT2D eigenvalue weighted by Crippen LogP contribution is 2.30. The Kier molecular flexibility index (Phi) is 5.92. The molecular weight excluding hydrogens is 260 g/mol. The van der Waals surface area contributed by atoms with Crippen LogP contribution in [0.25, 0.3) is 0 Å². The van der Waals surface area contributed by atoms with Gasteiger partial charge in [-0.05, 0) is 18.3 Å². The van der Waals surface area contributed by atoms with Gasteiger partial charge >= 0.3 is 0 Å². The van der Waals surface area contributed by atoms with Gasteiger partial charge in [0.05, 0.1) is 5.75 Å². The van der Waals surface area contributed by atoms with Crippen molar-refractivity contribution >= 4 is 22.4 Å². The maximum Gasteiger partial charge on any atom is 0.212 e. The molecule has 0 aromatic carbocycles. The molecule has 0 amide bonds. The first-order valence-corrected chi connectivity index (χ1v) is 7.55. The lowest BCUT2D eigenvalue weighted by Gasteiger charge is -2.30. The van der Waals surface area contributed by atoms with Crippen LogP contribution in [-0.2, 0) is 10.0 Å². The van der Waals surface area contributed by atoms with Gasteiger partial charge in [0.15, 0.2) is 0 Å². The Bertz CT molecular complexity index is 330. The number of halogens is 1. The molecule has 0 unspecified atom stereocenters. The van der Waals surface area contributed by atoms with Gasteiger partial charge in [0.1, 0.15) is 0 Å². The smallest absolute Gasteiger partial charge is 0.212 e. The van der Waals surface area contributed by atoms with Crippen LogP contribution >= 0.6 is 12.4 Å². The third-order valence-electron chi connectivity index (χ3n) is 2.95. The van der Waals surface area contributed by atoms with Gasteiger partial charge in [0.25, 0.3) is 0 Å². The fourth-order valence-electron chi connectivity index (χ4n) is 2.34. The average Bonchev–Trinajstić information content (AvgIpc) is 2.48. The summed E-state index contributed by atoms with van der Waals surface area (Å²) in [5.74, 6) is 0.155. The summed E-state index contributed by atoms with van der Waals surface area (Å²) in [7, 11) is -3.22. The molecule has 6 heteroatoms. The lowest BCUT2D eigenvalue weighted by Crippen LogP contribution is -2.53. The molecule has 4 nitrogen and oxygen atoms in total. The van der Waals surface area contributed by atoms with Crippen molar-refractivity contribution in [3.8, 4) is 0 Å². The van der Waals surface area contributed by atoms with Crippen LogP contribution in [0.5, 0.6) is 0 Å². The molecule has 0 saturated heterocycles. The highest BCUT2D eigenvalue weighted by atomic mass is 35.5. The third kappa shape index (κ3) is 5.55. The van der Waals surface area contributed by atoms with Crippen LogP contribution in [-0.4, -0.2) is 26.3 Å². The van der Waals surface area contributed by atoms with Crippen molar-refractivity contribution in [2.75, 3.05) is 12.3 Å². The van der Waals surface area contributed by atoms with Crippen LogP contribution < -0.4 is 10.5 Å². The normalized spacial score (nSPS) is 20.0.